The molecule has 0 bridgehead atoms. The number of benzene rings is 1. The molecule has 0 saturated carbocycles. The van der Waals surface area contributed by atoms with Crippen LogP contribution < -0.4 is 16.0 Å². The smallest absolute Gasteiger partial charge is 0.338 e. The van der Waals surface area contributed by atoms with E-state index >= 15 is 0 Å². The summed E-state index contributed by atoms with van der Waals surface area (Å²) in [5.74, 6) is -0.0559. The molecule has 1 saturated heterocycles. The second kappa shape index (κ2) is 11.1. The predicted molar refractivity (Wildman–Crippen MR) is 131 cm³/mol. The average Bonchev–Trinajstić information content (AvgIpc) is 2.86. The summed E-state index contributed by atoms with van der Waals surface area (Å²) < 4.78 is 5.33. The maximum atomic E-state index is 12.9. The maximum absolute atomic E-state index is 12.9. The second-order valence-corrected chi connectivity index (χ2v) is 8.82. The van der Waals surface area contributed by atoms with E-state index in [0.29, 0.717) is 49.6 Å². The molecule has 3 N–H and O–H groups in total. The average molecular weight is 478 g/mol. The van der Waals surface area contributed by atoms with Gasteiger partial charge in [0.05, 0.1) is 18.2 Å². The molecule has 3 amide bonds. The van der Waals surface area contributed by atoms with E-state index in [1.165, 1.54) is 0 Å². The molecule has 0 radical (unpaired) electrons. The van der Waals surface area contributed by atoms with Gasteiger partial charge in [0, 0.05) is 24.4 Å². The first-order valence-electron chi connectivity index (χ1n) is 11.9. The Labute approximate surface area is 204 Å². The number of ether oxygens (including phenoxy) is 1. The Morgan fingerprint density at radius 3 is 2.54 bits per heavy atom. The van der Waals surface area contributed by atoms with Gasteiger partial charge in [0.15, 0.2) is 0 Å². The zero-order chi connectivity index (χ0) is 24.8. The number of nitrogens with zero attached hydrogens (tertiary/aromatic N) is 2. The van der Waals surface area contributed by atoms with Crippen molar-refractivity contribution in [1.82, 2.24) is 20.5 Å². The third-order valence-corrected chi connectivity index (χ3v) is 6.28. The summed E-state index contributed by atoms with van der Waals surface area (Å²) in [6.07, 6.45) is 3.07. The number of hydrogen-bond donors (Lipinski definition) is 3. The number of hydrogen-bond acceptors (Lipinski definition) is 6. The summed E-state index contributed by atoms with van der Waals surface area (Å²) in [6, 6.07) is 12.1. The van der Waals surface area contributed by atoms with Gasteiger partial charge in [0.1, 0.15) is 5.82 Å². The zero-order valence-corrected chi connectivity index (χ0v) is 20.0. The number of carbonyl (C=O) groups excluding carboxylic acids is 3. The summed E-state index contributed by atoms with van der Waals surface area (Å²) in [5, 5.41) is 8.57. The number of nitrogens with one attached hydrogen (secondary N) is 3. The molecule has 1 aromatic carbocycles. The van der Waals surface area contributed by atoms with E-state index in [9.17, 15) is 14.4 Å². The molecule has 3 heterocycles. The van der Waals surface area contributed by atoms with E-state index < -0.39 is 12.0 Å². The van der Waals surface area contributed by atoms with Crippen LogP contribution in [0.4, 0.5) is 10.6 Å². The molecular formula is C26H31N5O4. The Morgan fingerprint density at radius 1 is 1.14 bits per heavy atom. The molecule has 1 fully saturated rings. The van der Waals surface area contributed by atoms with Crippen molar-refractivity contribution in [2.24, 2.45) is 5.92 Å². The Bertz CT molecular complexity index is 1090. The Kier molecular flexibility index (Phi) is 7.77. The Morgan fingerprint density at radius 2 is 1.89 bits per heavy atom. The number of piperidine rings is 1. The minimum Gasteiger partial charge on any atom is -0.463 e. The van der Waals surface area contributed by atoms with Crippen LogP contribution in [0.15, 0.2) is 59.9 Å². The number of pyridine rings is 1. The largest absolute Gasteiger partial charge is 0.463 e. The third kappa shape index (κ3) is 6.05. The van der Waals surface area contributed by atoms with Crippen molar-refractivity contribution in [3.05, 3.63) is 71.1 Å². The van der Waals surface area contributed by atoms with Crippen molar-refractivity contribution in [3.63, 3.8) is 0 Å². The predicted octanol–water partition coefficient (Wildman–Crippen LogP) is 2.91. The summed E-state index contributed by atoms with van der Waals surface area (Å²) >= 11 is 0. The monoisotopic (exact) mass is 477 g/mol. The van der Waals surface area contributed by atoms with Gasteiger partial charge in [0.25, 0.3) is 0 Å². The number of aryl methyl sites for hydroxylation is 1. The number of esters is 1. The molecule has 2 aliphatic heterocycles. The number of urea groups is 1. The number of aromatic nitrogens is 1. The molecule has 1 atom stereocenters. The van der Waals surface area contributed by atoms with Crippen LogP contribution in [0.1, 0.15) is 36.9 Å². The van der Waals surface area contributed by atoms with E-state index in [0.717, 1.165) is 11.1 Å². The van der Waals surface area contributed by atoms with E-state index in [4.69, 9.17) is 4.74 Å². The topological polar surface area (TPSA) is 113 Å². The minimum absolute atomic E-state index is 0.0354. The van der Waals surface area contributed by atoms with Crippen LogP contribution in [-0.2, 0) is 14.3 Å². The summed E-state index contributed by atoms with van der Waals surface area (Å²) in [7, 11) is 0. The van der Waals surface area contributed by atoms with Crippen LogP contribution in [0.3, 0.4) is 0 Å². The molecule has 2 aliphatic rings. The maximum Gasteiger partial charge on any atom is 0.338 e. The molecule has 184 valence electrons. The third-order valence-electron chi connectivity index (χ3n) is 6.28. The van der Waals surface area contributed by atoms with Gasteiger partial charge in [-0.05, 0) is 57.0 Å². The number of amides is 3. The lowest BCUT2D eigenvalue weighted by Crippen LogP contribution is -2.49. The molecule has 1 aromatic heterocycles. The first-order valence-corrected chi connectivity index (χ1v) is 11.9. The number of likely N-dealkylation sites (tertiary alicyclic amines) is 1. The van der Waals surface area contributed by atoms with Gasteiger partial charge in [-0.2, -0.15) is 0 Å². The summed E-state index contributed by atoms with van der Waals surface area (Å²) in [5.41, 5.74) is 2.78. The first kappa shape index (κ1) is 24.4. The fourth-order valence-corrected chi connectivity index (χ4v) is 4.43. The van der Waals surface area contributed by atoms with Crippen molar-refractivity contribution in [1.29, 1.82) is 0 Å². The Balaban J connectivity index is 1.45. The van der Waals surface area contributed by atoms with Crippen molar-refractivity contribution in [2.75, 3.05) is 31.6 Å². The zero-order valence-electron chi connectivity index (χ0n) is 20.0. The van der Waals surface area contributed by atoms with Gasteiger partial charge < -0.3 is 20.7 Å². The normalized spacial score (nSPS) is 19.0. The molecular weight excluding hydrogens is 446 g/mol. The highest BCUT2D eigenvalue weighted by atomic mass is 16.5. The minimum atomic E-state index is -0.593. The standard InChI is InChI=1S/C26H31N5O4/c1-3-35-25(33)22-20(28-26(34)30-23(22)18-7-5-4-6-8-18)16-31-13-11-19(12-14-31)24(32)29-21-10-9-17(2)15-27-21/h4-10,15,19,23H,3,11-14,16H2,1-2H3,(H,27,29,32)(H2,28,30,34). The fourth-order valence-electron chi connectivity index (χ4n) is 4.43. The molecule has 0 spiro atoms. The Hall–Kier alpha value is -3.72. The van der Waals surface area contributed by atoms with Crippen molar-refractivity contribution >= 4 is 23.7 Å². The number of anilines is 1. The molecule has 1 unspecified atom stereocenters. The van der Waals surface area contributed by atoms with Crippen molar-refractivity contribution in [2.45, 2.75) is 32.7 Å². The fraction of sp³-hybridized carbons (Fsp3) is 0.385. The van der Waals surface area contributed by atoms with Crippen molar-refractivity contribution < 1.29 is 19.1 Å². The van der Waals surface area contributed by atoms with E-state index in [1.54, 1.807) is 19.2 Å². The van der Waals surface area contributed by atoms with Gasteiger partial charge in [0.2, 0.25) is 5.91 Å². The summed E-state index contributed by atoms with van der Waals surface area (Å²) in [4.78, 5) is 44.5. The molecule has 0 aliphatic carbocycles. The van der Waals surface area contributed by atoms with Gasteiger partial charge in [-0.15, -0.1) is 0 Å². The SMILES string of the molecule is CCOC(=O)C1=C(CN2CCC(C(=O)Nc3ccc(C)cn3)CC2)NC(=O)NC1c1ccccc1. The van der Waals surface area contributed by atoms with Crippen LogP contribution in [0.5, 0.6) is 0 Å². The van der Waals surface area contributed by atoms with Gasteiger partial charge in [-0.25, -0.2) is 14.6 Å². The highest BCUT2D eigenvalue weighted by Crippen LogP contribution is 2.29. The highest BCUT2D eigenvalue weighted by Gasteiger charge is 2.35. The molecule has 9 heteroatoms. The van der Waals surface area contributed by atoms with Gasteiger partial charge >= 0.3 is 12.0 Å². The number of rotatable bonds is 7. The van der Waals surface area contributed by atoms with Crippen LogP contribution >= 0.6 is 0 Å². The van der Waals surface area contributed by atoms with E-state index in [1.807, 2.05) is 43.3 Å². The molecule has 4 rings (SSSR count). The molecule has 9 nitrogen and oxygen atoms in total. The second-order valence-electron chi connectivity index (χ2n) is 8.82. The lowest BCUT2D eigenvalue weighted by molar-refractivity contribution is -0.139. The van der Waals surface area contributed by atoms with Gasteiger partial charge in [-0.1, -0.05) is 36.4 Å². The lowest BCUT2D eigenvalue weighted by Gasteiger charge is -2.35. The van der Waals surface area contributed by atoms with Crippen molar-refractivity contribution in [3.8, 4) is 0 Å². The summed E-state index contributed by atoms with van der Waals surface area (Å²) in [6.45, 7) is 5.66. The van der Waals surface area contributed by atoms with E-state index in [2.05, 4.69) is 25.8 Å². The number of carbonyl (C=O) groups is 3. The molecule has 2 aromatic rings. The highest BCUT2D eigenvalue weighted by molar-refractivity contribution is 5.95. The molecule has 35 heavy (non-hydrogen) atoms. The van der Waals surface area contributed by atoms with Crippen LogP contribution in [0.25, 0.3) is 0 Å². The van der Waals surface area contributed by atoms with E-state index in [-0.39, 0.29) is 24.5 Å². The van der Waals surface area contributed by atoms with Crippen LogP contribution in [0.2, 0.25) is 0 Å². The van der Waals surface area contributed by atoms with Crippen LogP contribution in [0, 0.1) is 12.8 Å². The lowest BCUT2D eigenvalue weighted by atomic mass is 9.93. The van der Waals surface area contributed by atoms with Gasteiger partial charge in [-0.3, -0.25) is 9.69 Å². The van der Waals surface area contributed by atoms with Crippen LogP contribution in [-0.4, -0.2) is 54.0 Å². The first-order chi connectivity index (χ1) is 16.9. The quantitative estimate of drug-likeness (QED) is 0.529.